The molecule has 0 aliphatic rings. The van der Waals surface area contributed by atoms with Crippen molar-refractivity contribution in [1.82, 2.24) is 4.90 Å². The summed E-state index contributed by atoms with van der Waals surface area (Å²) in [6.45, 7) is 4.56. The second-order valence-corrected chi connectivity index (χ2v) is 3.23. The van der Waals surface area contributed by atoms with Crippen LogP contribution in [0.4, 0.5) is 4.79 Å². The maximum absolute atomic E-state index is 11.0. The number of nitrogens with zero attached hydrogens (tertiary/aromatic N) is 1. The summed E-state index contributed by atoms with van der Waals surface area (Å²) in [7, 11) is 0. The van der Waals surface area contributed by atoms with Crippen LogP contribution in [-0.2, 0) is 6.54 Å². The molecule has 0 aromatic heterocycles. The molecule has 74 valence electrons. The molecule has 1 rings (SSSR count). The van der Waals surface area contributed by atoms with Gasteiger partial charge in [-0.1, -0.05) is 36.4 Å². The highest BCUT2D eigenvalue weighted by Crippen LogP contribution is 2.06. The standard InChI is InChI=1S/C11H12ClNO/c1-2-8-13(11(12)14)9-10-6-4-3-5-7-10/h2-7H,1,8-9H2. The molecular formula is C11H12ClNO. The number of carbonyl (C=O) groups is 1. The Morgan fingerprint density at radius 1 is 1.43 bits per heavy atom. The smallest absolute Gasteiger partial charge is 0.316 e. The van der Waals surface area contributed by atoms with E-state index in [4.69, 9.17) is 11.6 Å². The van der Waals surface area contributed by atoms with Crippen LogP contribution in [-0.4, -0.2) is 16.8 Å². The van der Waals surface area contributed by atoms with Crippen LogP contribution in [0, 0.1) is 0 Å². The first-order chi connectivity index (χ1) is 6.74. The Labute approximate surface area is 88.8 Å². The lowest BCUT2D eigenvalue weighted by Crippen LogP contribution is -2.25. The molecule has 0 bridgehead atoms. The van der Waals surface area contributed by atoms with Crippen LogP contribution < -0.4 is 0 Å². The zero-order valence-corrected chi connectivity index (χ0v) is 8.57. The largest absolute Gasteiger partial charge is 0.321 e. The van der Waals surface area contributed by atoms with E-state index >= 15 is 0 Å². The molecule has 3 heteroatoms. The van der Waals surface area contributed by atoms with Crippen LogP contribution in [0.5, 0.6) is 0 Å². The van der Waals surface area contributed by atoms with Gasteiger partial charge in [-0.15, -0.1) is 6.58 Å². The summed E-state index contributed by atoms with van der Waals surface area (Å²) in [5, 5.41) is -0.450. The highest BCUT2D eigenvalue weighted by molar-refractivity contribution is 6.62. The first kappa shape index (κ1) is 10.8. The Morgan fingerprint density at radius 2 is 2.07 bits per heavy atom. The molecule has 1 aromatic rings. The van der Waals surface area contributed by atoms with E-state index in [1.54, 1.807) is 6.08 Å². The molecule has 0 saturated heterocycles. The highest BCUT2D eigenvalue weighted by Gasteiger charge is 2.08. The molecule has 0 aliphatic heterocycles. The summed E-state index contributed by atoms with van der Waals surface area (Å²) in [6.07, 6.45) is 1.66. The summed E-state index contributed by atoms with van der Waals surface area (Å²) >= 11 is 5.41. The van der Waals surface area contributed by atoms with E-state index in [0.717, 1.165) is 5.56 Å². The average Bonchev–Trinajstić information content (AvgIpc) is 2.18. The number of hydrogen-bond donors (Lipinski definition) is 0. The molecule has 1 aromatic carbocycles. The van der Waals surface area contributed by atoms with Gasteiger partial charge in [0.15, 0.2) is 0 Å². The van der Waals surface area contributed by atoms with Crippen LogP contribution in [0.15, 0.2) is 43.0 Å². The van der Waals surface area contributed by atoms with Gasteiger partial charge in [0.2, 0.25) is 0 Å². The lowest BCUT2D eigenvalue weighted by Gasteiger charge is -2.17. The van der Waals surface area contributed by atoms with E-state index in [1.165, 1.54) is 4.90 Å². The molecule has 0 radical (unpaired) electrons. The van der Waals surface area contributed by atoms with Gasteiger partial charge in [0.25, 0.3) is 0 Å². The van der Waals surface area contributed by atoms with E-state index in [0.29, 0.717) is 13.1 Å². The van der Waals surface area contributed by atoms with Crippen molar-refractivity contribution in [3.05, 3.63) is 48.6 Å². The van der Waals surface area contributed by atoms with Gasteiger partial charge in [-0.2, -0.15) is 0 Å². The van der Waals surface area contributed by atoms with Crippen molar-refractivity contribution in [2.45, 2.75) is 6.54 Å². The maximum atomic E-state index is 11.0. The molecule has 0 N–H and O–H groups in total. The average molecular weight is 210 g/mol. The van der Waals surface area contributed by atoms with E-state index in [1.807, 2.05) is 30.3 Å². The zero-order valence-electron chi connectivity index (χ0n) is 7.82. The van der Waals surface area contributed by atoms with Gasteiger partial charge in [0, 0.05) is 13.1 Å². The normalized spacial score (nSPS) is 9.50. The van der Waals surface area contributed by atoms with Crippen molar-refractivity contribution >= 4 is 17.0 Å². The Bertz CT molecular complexity index is 310. The number of hydrogen-bond acceptors (Lipinski definition) is 1. The van der Waals surface area contributed by atoms with E-state index in [-0.39, 0.29) is 0 Å². The zero-order chi connectivity index (χ0) is 10.4. The monoisotopic (exact) mass is 209 g/mol. The van der Waals surface area contributed by atoms with Gasteiger partial charge in [-0.25, -0.2) is 0 Å². The minimum Gasteiger partial charge on any atom is -0.321 e. The summed E-state index contributed by atoms with van der Waals surface area (Å²) < 4.78 is 0. The molecule has 2 nitrogen and oxygen atoms in total. The van der Waals surface area contributed by atoms with E-state index in [2.05, 4.69) is 6.58 Å². The lowest BCUT2D eigenvalue weighted by atomic mass is 10.2. The fourth-order valence-corrected chi connectivity index (χ4v) is 1.29. The third-order valence-electron chi connectivity index (χ3n) is 1.81. The quantitative estimate of drug-likeness (QED) is 0.424. The molecule has 1 amide bonds. The first-order valence-corrected chi connectivity index (χ1v) is 4.71. The predicted molar refractivity (Wildman–Crippen MR) is 58.3 cm³/mol. The molecule has 0 fully saturated rings. The van der Waals surface area contributed by atoms with Gasteiger partial charge in [0.1, 0.15) is 0 Å². The fraction of sp³-hybridized carbons (Fsp3) is 0.182. The first-order valence-electron chi connectivity index (χ1n) is 4.33. The van der Waals surface area contributed by atoms with Crippen molar-refractivity contribution in [1.29, 1.82) is 0 Å². The predicted octanol–water partition coefficient (Wildman–Crippen LogP) is 3.03. The second-order valence-electron chi connectivity index (χ2n) is 2.91. The Balaban J connectivity index is 2.64. The highest BCUT2D eigenvalue weighted by atomic mass is 35.5. The van der Waals surface area contributed by atoms with Crippen molar-refractivity contribution in [3.8, 4) is 0 Å². The summed E-state index contributed by atoms with van der Waals surface area (Å²) in [5.41, 5.74) is 1.06. The van der Waals surface area contributed by atoms with Crippen LogP contribution in [0.3, 0.4) is 0 Å². The minimum atomic E-state index is -0.450. The third kappa shape index (κ3) is 3.23. The third-order valence-corrected chi connectivity index (χ3v) is 2.05. The fourth-order valence-electron chi connectivity index (χ4n) is 1.16. The Kier molecular flexibility index (Phi) is 4.20. The maximum Gasteiger partial charge on any atom is 0.316 e. The second kappa shape index (κ2) is 5.45. The topological polar surface area (TPSA) is 20.3 Å². The molecule has 0 atom stereocenters. The van der Waals surface area contributed by atoms with Crippen LogP contribution in [0.2, 0.25) is 0 Å². The Morgan fingerprint density at radius 3 is 2.57 bits per heavy atom. The van der Waals surface area contributed by atoms with Crippen molar-refractivity contribution < 1.29 is 4.79 Å². The number of carbonyl (C=O) groups excluding carboxylic acids is 1. The van der Waals surface area contributed by atoms with Gasteiger partial charge in [-0.3, -0.25) is 4.79 Å². The van der Waals surface area contributed by atoms with Gasteiger partial charge in [-0.05, 0) is 17.2 Å². The number of amides is 1. The number of benzene rings is 1. The van der Waals surface area contributed by atoms with Crippen molar-refractivity contribution in [3.63, 3.8) is 0 Å². The van der Waals surface area contributed by atoms with Gasteiger partial charge in [0.05, 0.1) is 0 Å². The summed E-state index contributed by atoms with van der Waals surface area (Å²) in [5.74, 6) is 0. The number of rotatable bonds is 4. The SMILES string of the molecule is C=CCN(Cc1ccccc1)C(=O)Cl. The van der Waals surface area contributed by atoms with Crippen molar-refractivity contribution in [2.75, 3.05) is 6.54 Å². The number of halogens is 1. The summed E-state index contributed by atoms with van der Waals surface area (Å²) in [6, 6.07) is 9.70. The van der Waals surface area contributed by atoms with E-state index in [9.17, 15) is 4.79 Å². The van der Waals surface area contributed by atoms with Crippen LogP contribution in [0.25, 0.3) is 0 Å². The van der Waals surface area contributed by atoms with E-state index < -0.39 is 5.37 Å². The van der Waals surface area contributed by atoms with Crippen LogP contribution >= 0.6 is 11.6 Å². The van der Waals surface area contributed by atoms with Crippen LogP contribution in [0.1, 0.15) is 5.56 Å². The minimum absolute atomic E-state index is 0.450. The summed E-state index contributed by atoms with van der Waals surface area (Å²) in [4.78, 5) is 12.5. The van der Waals surface area contributed by atoms with Gasteiger partial charge >= 0.3 is 5.37 Å². The molecule has 0 unspecified atom stereocenters. The van der Waals surface area contributed by atoms with Gasteiger partial charge < -0.3 is 4.90 Å². The molecule has 0 aliphatic carbocycles. The Hall–Kier alpha value is -1.28. The molecule has 0 heterocycles. The lowest BCUT2D eigenvalue weighted by molar-refractivity contribution is 0.225. The van der Waals surface area contributed by atoms with Crippen molar-refractivity contribution in [2.24, 2.45) is 0 Å². The molecule has 0 saturated carbocycles. The molecule has 14 heavy (non-hydrogen) atoms. The molecule has 0 spiro atoms. The molecular weight excluding hydrogens is 198 g/mol.